The molecular weight excluding hydrogens is 268 g/mol. The summed E-state index contributed by atoms with van der Waals surface area (Å²) in [4.78, 5) is 0. The van der Waals surface area contributed by atoms with Crippen molar-refractivity contribution in [2.75, 3.05) is 13.7 Å². The monoisotopic (exact) mass is 286 g/mol. The van der Waals surface area contributed by atoms with E-state index in [-0.39, 0.29) is 6.04 Å². The lowest BCUT2D eigenvalue weighted by molar-refractivity contribution is 0.407. The lowest BCUT2D eigenvalue weighted by atomic mass is 10.2. The van der Waals surface area contributed by atoms with E-state index in [1.165, 1.54) is 0 Å². The fourth-order valence-electron chi connectivity index (χ4n) is 1.44. The third-order valence-corrected chi connectivity index (χ3v) is 2.83. The Morgan fingerprint density at radius 1 is 1.50 bits per heavy atom. The molecule has 1 atom stereocenters. The first-order valence-corrected chi connectivity index (χ1v) is 6.21. The molecule has 16 heavy (non-hydrogen) atoms. The Bertz CT molecular complexity index is 329. The van der Waals surface area contributed by atoms with E-state index in [9.17, 15) is 0 Å². The van der Waals surface area contributed by atoms with Crippen LogP contribution in [0.4, 0.5) is 0 Å². The topological polar surface area (TPSA) is 47.3 Å². The van der Waals surface area contributed by atoms with Crippen LogP contribution in [0, 0.1) is 0 Å². The van der Waals surface area contributed by atoms with Gasteiger partial charge in [0.15, 0.2) is 0 Å². The van der Waals surface area contributed by atoms with Crippen LogP contribution < -0.4 is 15.8 Å². The second kappa shape index (κ2) is 6.89. The van der Waals surface area contributed by atoms with Crippen molar-refractivity contribution in [1.29, 1.82) is 0 Å². The third kappa shape index (κ3) is 4.51. The molecule has 0 aliphatic heterocycles. The SMILES string of the molecule is COc1ccc(Br)cc1CNCCC(C)N. The molecule has 0 amide bonds. The van der Waals surface area contributed by atoms with E-state index in [0.717, 1.165) is 35.3 Å². The maximum Gasteiger partial charge on any atom is 0.123 e. The van der Waals surface area contributed by atoms with Gasteiger partial charge in [-0.2, -0.15) is 0 Å². The van der Waals surface area contributed by atoms with Crippen LogP contribution in [-0.2, 0) is 6.54 Å². The van der Waals surface area contributed by atoms with Crippen molar-refractivity contribution in [1.82, 2.24) is 5.32 Å². The molecule has 1 rings (SSSR count). The van der Waals surface area contributed by atoms with Crippen molar-refractivity contribution >= 4 is 15.9 Å². The molecular formula is C12H19BrN2O. The fraction of sp³-hybridized carbons (Fsp3) is 0.500. The number of hydrogen-bond donors (Lipinski definition) is 2. The van der Waals surface area contributed by atoms with Crippen molar-refractivity contribution in [2.24, 2.45) is 5.73 Å². The van der Waals surface area contributed by atoms with Crippen molar-refractivity contribution in [3.05, 3.63) is 28.2 Å². The number of hydrogen-bond acceptors (Lipinski definition) is 3. The predicted molar refractivity (Wildman–Crippen MR) is 70.7 cm³/mol. The highest BCUT2D eigenvalue weighted by Gasteiger charge is 2.03. The molecule has 90 valence electrons. The lowest BCUT2D eigenvalue weighted by Crippen LogP contribution is -2.23. The number of nitrogens with one attached hydrogen (secondary N) is 1. The van der Waals surface area contributed by atoms with Crippen LogP contribution in [0.25, 0.3) is 0 Å². The second-order valence-electron chi connectivity index (χ2n) is 3.90. The quantitative estimate of drug-likeness (QED) is 0.789. The van der Waals surface area contributed by atoms with Crippen molar-refractivity contribution < 1.29 is 4.74 Å². The number of benzene rings is 1. The zero-order valence-electron chi connectivity index (χ0n) is 9.79. The van der Waals surface area contributed by atoms with E-state index in [2.05, 4.69) is 27.3 Å². The number of halogens is 1. The Hall–Kier alpha value is -0.580. The Labute approximate surface area is 105 Å². The zero-order chi connectivity index (χ0) is 12.0. The van der Waals surface area contributed by atoms with Gasteiger partial charge in [0.1, 0.15) is 5.75 Å². The summed E-state index contributed by atoms with van der Waals surface area (Å²) < 4.78 is 6.36. The summed E-state index contributed by atoms with van der Waals surface area (Å²) in [7, 11) is 1.69. The first-order valence-electron chi connectivity index (χ1n) is 5.42. The van der Waals surface area contributed by atoms with Gasteiger partial charge in [-0.25, -0.2) is 0 Å². The van der Waals surface area contributed by atoms with Crippen molar-refractivity contribution in [3.63, 3.8) is 0 Å². The van der Waals surface area contributed by atoms with Gasteiger partial charge in [-0.1, -0.05) is 15.9 Å². The maximum absolute atomic E-state index is 5.68. The summed E-state index contributed by atoms with van der Waals surface area (Å²) in [5, 5.41) is 3.35. The van der Waals surface area contributed by atoms with Gasteiger partial charge in [0.05, 0.1) is 7.11 Å². The summed E-state index contributed by atoms with van der Waals surface area (Å²) >= 11 is 3.45. The van der Waals surface area contributed by atoms with Crippen LogP contribution in [0.5, 0.6) is 5.75 Å². The molecule has 4 heteroatoms. The second-order valence-corrected chi connectivity index (χ2v) is 4.81. The number of ether oxygens (including phenoxy) is 1. The molecule has 0 aliphatic rings. The average Bonchev–Trinajstić information content (AvgIpc) is 2.24. The molecule has 1 aromatic carbocycles. The summed E-state index contributed by atoms with van der Waals surface area (Å²) in [6.45, 7) is 3.74. The van der Waals surface area contributed by atoms with E-state index < -0.39 is 0 Å². The Morgan fingerprint density at radius 3 is 2.88 bits per heavy atom. The summed E-state index contributed by atoms with van der Waals surface area (Å²) in [6, 6.07) is 6.26. The first-order chi connectivity index (χ1) is 7.63. The highest BCUT2D eigenvalue weighted by Crippen LogP contribution is 2.22. The van der Waals surface area contributed by atoms with Gasteiger partial charge >= 0.3 is 0 Å². The highest BCUT2D eigenvalue weighted by atomic mass is 79.9. The number of rotatable bonds is 6. The van der Waals surface area contributed by atoms with Crippen LogP contribution in [-0.4, -0.2) is 19.7 Å². The Balaban J connectivity index is 2.48. The highest BCUT2D eigenvalue weighted by molar-refractivity contribution is 9.10. The standard InChI is InChI=1S/C12H19BrN2O/c1-9(14)5-6-15-8-10-7-11(13)3-4-12(10)16-2/h3-4,7,9,15H,5-6,8,14H2,1-2H3. The molecule has 0 bridgehead atoms. The van der Waals surface area contributed by atoms with Gasteiger partial charge in [-0.05, 0) is 38.1 Å². The van der Waals surface area contributed by atoms with Crippen LogP contribution in [0.15, 0.2) is 22.7 Å². The van der Waals surface area contributed by atoms with Gasteiger partial charge < -0.3 is 15.8 Å². The van der Waals surface area contributed by atoms with Gasteiger partial charge in [0.2, 0.25) is 0 Å². The molecule has 3 nitrogen and oxygen atoms in total. The van der Waals surface area contributed by atoms with Crippen LogP contribution in [0.3, 0.4) is 0 Å². The fourth-order valence-corrected chi connectivity index (χ4v) is 1.85. The Morgan fingerprint density at radius 2 is 2.25 bits per heavy atom. The molecule has 0 aromatic heterocycles. The van der Waals surface area contributed by atoms with E-state index in [4.69, 9.17) is 10.5 Å². The van der Waals surface area contributed by atoms with Gasteiger partial charge in [-0.3, -0.25) is 0 Å². The van der Waals surface area contributed by atoms with Gasteiger partial charge in [0.25, 0.3) is 0 Å². The molecule has 0 radical (unpaired) electrons. The molecule has 1 unspecified atom stereocenters. The summed E-state index contributed by atoms with van der Waals surface area (Å²) in [5.74, 6) is 0.913. The molecule has 0 fully saturated rings. The van der Waals surface area contributed by atoms with Crippen molar-refractivity contribution in [3.8, 4) is 5.75 Å². The third-order valence-electron chi connectivity index (χ3n) is 2.33. The Kier molecular flexibility index (Phi) is 5.80. The molecule has 1 aromatic rings. The molecule has 0 aliphatic carbocycles. The largest absolute Gasteiger partial charge is 0.496 e. The molecule has 0 saturated carbocycles. The molecule has 0 heterocycles. The van der Waals surface area contributed by atoms with E-state index in [0.29, 0.717) is 0 Å². The maximum atomic E-state index is 5.68. The van der Waals surface area contributed by atoms with E-state index in [1.807, 2.05) is 19.1 Å². The van der Waals surface area contributed by atoms with Crippen LogP contribution in [0.1, 0.15) is 18.9 Å². The van der Waals surface area contributed by atoms with E-state index >= 15 is 0 Å². The minimum Gasteiger partial charge on any atom is -0.496 e. The predicted octanol–water partition coefficient (Wildman–Crippen LogP) is 2.28. The average molecular weight is 287 g/mol. The normalized spacial score (nSPS) is 12.5. The number of nitrogens with two attached hydrogens (primary N) is 1. The molecule has 3 N–H and O–H groups in total. The summed E-state index contributed by atoms with van der Waals surface area (Å²) in [6.07, 6.45) is 0.982. The smallest absolute Gasteiger partial charge is 0.123 e. The minimum absolute atomic E-state index is 0.247. The number of methoxy groups -OCH3 is 1. The van der Waals surface area contributed by atoms with Crippen LogP contribution in [0.2, 0.25) is 0 Å². The van der Waals surface area contributed by atoms with Crippen molar-refractivity contribution in [2.45, 2.75) is 25.9 Å². The zero-order valence-corrected chi connectivity index (χ0v) is 11.4. The summed E-state index contributed by atoms with van der Waals surface area (Å²) in [5.41, 5.74) is 6.83. The molecule has 0 saturated heterocycles. The minimum atomic E-state index is 0.247. The van der Waals surface area contributed by atoms with Crippen LogP contribution >= 0.6 is 15.9 Å². The van der Waals surface area contributed by atoms with E-state index in [1.54, 1.807) is 7.11 Å². The van der Waals surface area contributed by atoms with Gasteiger partial charge in [0, 0.05) is 22.6 Å². The lowest BCUT2D eigenvalue weighted by Gasteiger charge is -2.11. The first kappa shape index (κ1) is 13.5. The van der Waals surface area contributed by atoms with Gasteiger partial charge in [-0.15, -0.1) is 0 Å². The molecule has 0 spiro atoms.